The molecule has 0 fully saturated rings. The average Bonchev–Trinajstić information content (AvgIpc) is 2.96. The van der Waals surface area contributed by atoms with Crippen LogP contribution in [0.4, 0.5) is 4.39 Å². The SMILES string of the molecule is O=c1oc2cc(-c3ccccc3)n(-c3ccc(Oc4ncccn4)cc3)c(=O)c2c(O)c1Sc1cccc(F)c1. The highest BCUT2D eigenvalue weighted by molar-refractivity contribution is 7.99. The van der Waals surface area contributed by atoms with Crippen LogP contribution in [0, 0.1) is 5.82 Å². The maximum absolute atomic E-state index is 14.0. The highest BCUT2D eigenvalue weighted by Crippen LogP contribution is 2.37. The number of ether oxygens (including phenoxy) is 1. The number of hydrogen-bond acceptors (Lipinski definition) is 8. The van der Waals surface area contributed by atoms with Crippen LogP contribution in [0.25, 0.3) is 27.9 Å². The van der Waals surface area contributed by atoms with Gasteiger partial charge in [0, 0.05) is 29.0 Å². The summed E-state index contributed by atoms with van der Waals surface area (Å²) in [6.07, 6.45) is 3.12. The van der Waals surface area contributed by atoms with Gasteiger partial charge in [-0.3, -0.25) is 9.36 Å². The lowest BCUT2D eigenvalue weighted by atomic mass is 10.1. The molecule has 0 bridgehead atoms. The number of nitrogens with zero attached hydrogens (tertiary/aromatic N) is 3. The van der Waals surface area contributed by atoms with Crippen LogP contribution in [-0.4, -0.2) is 19.6 Å². The lowest BCUT2D eigenvalue weighted by Crippen LogP contribution is -2.21. The summed E-state index contributed by atoms with van der Waals surface area (Å²) in [5, 5.41) is 11.0. The van der Waals surface area contributed by atoms with Crippen molar-refractivity contribution in [1.82, 2.24) is 14.5 Å². The van der Waals surface area contributed by atoms with Crippen molar-refractivity contribution in [3.8, 4) is 34.5 Å². The molecule has 3 aromatic heterocycles. The van der Waals surface area contributed by atoms with Crippen LogP contribution in [0.5, 0.6) is 17.5 Å². The number of pyridine rings is 1. The summed E-state index contributed by atoms with van der Waals surface area (Å²) in [5.41, 5.74) is 0.0503. The van der Waals surface area contributed by atoms with E-state index in [0.717, 1.165) is 11.8 Å². The van der Waals surface area contributed by atoms with Crippen molar-refractivity contribution in [2.45, 2.75) is 9.79 Å². The summed E-state index contributed by atoms with van der Waals surface area (Å²) < 4.78 is 26.3. The quantitative estimate of drug-likeness (QED) is 0.261. The molecule has 0 amide bonds. The molecule has 40 heavy (non-hydrogen) atoms. The molecule has 0 unspecified atom stereocenters. The Hall–Kier alpha value is -5.22. The second-order valence-corrected chi connectivity index (χ2v) is 9.61. The fourth-order valence-electron chi connectivity index (χ4n) is 4.17. The van der Waals surface area contributed by atoms with Crippen molar-refractivity contribution in [3.05, 3.63) is 130 Å². The zero-order chi connectivity index (χ0) is 27.6. The molecule has 6 aromatic rings. The molecular formula is C30H18FN3O5S. The van der Waals surface area contributed by atoms with Crippen molar-refractivity contribution >= 4 is 22.7 Å². The number of halogens is 1. The number of hydrogen-bond donors (Lipinski definition) is 1. The van der Waals surface area contributed by atoms with Gasteiger partial charge in [0.1, 0.15) is 27.4 Å². The minimum absolute atomic E-state index is 0.0765. The Morgan fingerprint density at radius 2 is 1.62 bits per heavy atom. The predicted molar refractivity (Wildman–Crippen MR) is 148 cm³/mol. The molecule has 0 aliphatic carbocycles. The van der Waals surface area contributed by atoms with E-state index in [-0.39, 0.29) is 21.9 Å². The largest absolute Gasteiger partial charge is 0.505 e. The number of fused-ring (bicyclic) bond motifs is 1. The van der Waals surface area contributed by atoms with E-state index < -0.39 is 22.8 Å². The first-order valence-electron chi connectivity index (χ1n) is 12.0. The smallest absolute Gasteiger partial charge is 0.354 e. The van der Waals surface area contributed by atoms with Crippen molar-refractivity contribution in [2.24, 2.45) is 0 Å². The molecule has 10 heteroatoms. The first kappa shape index (κ1) is 25.1. The van der Waals surface area contributed by atoms with Crippen molar-refractivity contribution in [1.29, 1.82) is 0 Å². The molecule has 0 atom stereocenters. The van der Waals surface area contributed by atoms with Crippen molar-refractivity contribution in [3.63, 3.8) is 0 Å². The minimum atomic E-state index is -0.847. The van der Waals surface area contributed by atoms with Gasteiger partial charge in [-0.1, -0.05) is 48.2 Å². The maximum Gasteiger partial charge on any atom is 0.354 e. The third-order valence-corrected chi connectivity index (χ3v) is 7.00. The minimum Gasteiger partial charge on any atom is -0.505 e. The van der Waals surface area contributed by atoms with Crippen molar-refractivity contribution in [2.75, 3.05) is 0 Å². The van der Waals surface area contributed by atoms with Gasteiger partial charge in [0.05, 0.1) is 5.69 Å². The van der Waals surface area contributed by atoms with Crippen molar-refractivity contribution < 1.29 is 18.7 Å². The van der Waals surface area contributed by atoms with Gasteiger partial charge in [-0.15, -0.1) is 0 Å². The summed E-state index contributed by atoms with van der Waals surface area (Å²) in [6, 6.07) is 24.7. The van der Waals surface area contributed by atoms with Gasteiger partial charge in [-0.2, -0.15) is 0 Å². The van der Waals surface area contributed by atoms with Gasteiger partial charge in [0.15, 0.2) is 5.75 Å². The Morgan fingerprint density at radius 3 is 2.35 bits per heavy atom. The van der Waals surface area contributed by atoms with Gasteiger partial charge in [0.2, 0.25) is 0 Å². The van der Waals surface area contributed by atoms with Crippen LogP contribution in [0.2, 0.25) is 0 Å². The fraction of sp³-hybridized carbons (Fsp3) is 0. The van der Waals surface area contributed by atoms with Crippen LogP contribution < -0.4 is 15.9 Å². The Balaban J connectivity index is 1.52. The van der Waals surface area contributed by atoms with Crippen LogP contribution in [0.3, 0.4) is 0 Å². The maximum atomic E-state index is 14.0. The molecule has 3 heterocycles. The molecule has 8 nitrogen and oxygen atoms in total. The van der Waals surface area contributed by atoms with E-state index in [1.54, 1.807) is 48.8 Å². The Labute approximate surface area is 230 Å². The number of aromatic hydroxyl groups is 1. The zero-order valence-electron chi connectivity index (χ0n) is 20.5. The molecule has 0 aliphatic heterocycles. The number of aromatic nitrogens is 3. The second-order valence-electron chi connectivity index (χ2n) is 8.53. The number of rotatable bonds is 6. The third-order valence-electron chi connectivity index (χ3n) is 5.94. The van der Waals surface area contributed by atoms with Crippen LogP contribution >= 0.6 is 11.8 Å². The first-order valence-corrected chi connectivity index (χ1v) is 12.8. The average molecular weight is 552 g/mol. The molecule has 3 aromatic carbocycles. The molecule has 0 radical (unpaired) electrons. The highest BCUT2D eigenvalue weighted by atomic mass is 32.2. The molecule has 0 spiro atoms. The predicted octanol–water partition coefficient (Wildman–Crippen LogP) is 6.19. The summed E-state index contributed by atoms with van der Waals surface area (Å²) in [4.78, 5) is 35.1. The molecule has 0 saturated carbocycles. The molecule has 1 N–H and O–H groups in total. The monoisotopic (exact) mass is 551 g/mol. The van der Waals surface area contributed by atoms with E-state index in [1.807, 2.05) is 30.3 Å². The summed E-state index contributed by atoms with van der Waals surface area (Å²) in [6.45, 7) is 0. The molecule has 0 aliphatic rings. The van der Waals surface area contributed by atoms with Gasteiger partial charge in [0.25, 0.3) is 5.56 Å². The molecule has 196 valence electrons. The summed E-state index contributed by atoms with van der Waals surface area (Å²) >= 11 is 0.811. The fourth-order valence-corrected chi connectivity index (χ4v) is 5.04. The first-order chi connectivity index (χ1) is 19.5. The third kappa shape index (κ3) is 4.83. The van der Waals surface area contributed by atoms with Gasteiger partial charge >= 0.3 is 11.6 Å². The Morgan fingerprint density at radius 1 is 0.875 bits per heavy atom. The molecule has 0 saturated heterocycles. The van der Waals surface area contributed by atoms with E-state index in [4.69, 9.17) is 9.15 Å². The van der Waals surface area contributed by atoms with Crippen LogP contribution in [0.15, 0.2) is 127 Å². The van der Waals surface area contributed by atoms with Gasteiger partial charge in [-0.05, 0) is 54.1 Å². The van der Waals surface area contributed by atoms with E-state index >= 15 is 0 Å². The summed E-state index contributed by atoms with van der Waals surface area (Å²) in [5.74, 6) is -0.594. The van der Waals surface area contributed by atoms with E-state index in [2.05, 4.69) is 9.97 Å². The molecule has 6 rings (SSSR count). The normalized spacial score (nSPS) is 11.0. The lowest BCUT2D eigenvalue weighted by Gasteiger charge is -2.16. The zero-order valence-corrected chi connectivity index (χ0v) is 21.3. The van der Waals surface area contributed by atoms with E-state index in [0.29, 0.717) is 27.6 Å². The summed E-state index contributed by atoms with van der Waals surface area (Å²) in [7, 11) is 0. The lowest BCUT2D eigenvalue weighted by molar-refractivity contribution is 0.441. The molecular weight excluding hydrogens is 533 g/mol. The van der Waals surface area contributed by atoms with Crippen LogP contribution in [0.1, 0.15) is 0 Å². The van der Waals surface area contributed by atoms with Gasteiger partial charge < -0.3 is 14.3 Å². The Kier molecular flexibility index (Phi) is 6.59. The van der Waals surface area contributed by atoms with E-state index in [1.165, 1.54) is 28.8 Å². The van der Waals surface area contributed by atoms with E-state index in [9.17, 15) is 19.1 Å². The standard InChI is InChI=1S/C30H18FN3O5S/c31-19-8-4-9-22(16-19)40-27-26(35)25-24(39-29(27)37)17-23(18-6-2-1-3-7-18)34(28(25)36)20-10-12-21(13-11-20)38-30-32-14-5-15-33-30/h1-17,35H. The highest BCUT2D eigenvalue weighted by Gasteiger charge is 2.22. The van der Waals surface area contributed by atoms with Gasteiger partial charge in [-0.25, -0.2) is 19.2 Å². The Bertz CT molecular complexity index is 1960. The topological polar surface area (TPSA) is 107 Å². The van der Waals surface area contributed by atoms with Crippen LogP contribution in [-0.2, 0) is 0 Å². The second kappa shape index (κ2) is 10.5. The number of benzene rings is 3.